The number of ketones is 2. The van der Waals surface area contributed by atoms with Gasteiger partial charge in [0.15, 0.2) is 0 Å². The van der Waals surface area contributed by atoms with E-state index in [1.165, 1.54) is 13.8 Å². The van der Waals surface area contributed by atoms with Crippen molar-refractivity contribution >= 4 is 20.0 Å². The van der Waals surface area contributed by atoms with E-state index in [1.807, 2.05) is 0 Å². The molecule has 0 aromatic rings. The summed E-state index contributed by atoms with van der Waals surface area (Å²) in [6.07, 6.45) is 0.796. The Bertz CT molecular complexity index is 95.6. The average Bonchev–Trinajstić information content (AvgIpc) is 1.61. The molecule has 0 saturated heterocycles. The summed E-state index contributed by atoms with van der Waals surface area (Å²) < 4.78 is 0. The van der Waals surface area contributed by atoms with E-state index in [0.717, 1.165) is 0 Å². The highest BCUT2D eigenvalue weighted by molar-refractivity contribution is 5.83. The number of carbonyl (C=O) groups is 2. The normalized spacial score (nSPS) is 7.78. The largest absolute Gasteiger partial charge is 0.300 e. The van der Waals surface area contributed by atoms with E-state index in [1.54, 1.807) is 0 Å². The van der Waals surface area contributed by atoms with Gasteiger partial charge < -0.3 is 9.59 Å². The summed E-state index contributed by atoms with van der Waals surface area (Å²) in [4.78, 5) is 20.4. The molecule has 0 rings (SSSR count). The van der Waals surface area contributed by atoms with Gasteiger partial charge in [0.1, 0.15) is 11.6 Å². The van der Waals surface area contributed by atoms with Gasteiger partial charge in [0, 0.05) is 21.3 Å². The molecule has 0 aromatic heterocycles. The van der Waals surface area contributed by atoms with Gasteiger partial charge in [-0.3, -0.25) is 0 Å². The monoisotopic (exact) mass is 125 g/mol. The Hall–Kier alpha value is -0.595. The summed E-state index contributed by atoms with van der Waals surface area (Å²) in [6, 6.07) is 0. The topological polar surface area (TPSA) is 34.1 Å². The molecule has 0 aliphatic carbocycles. The molecule has 0 heterocycles. The van der Waals surface area contributed by atoms with Crippen molar-refractivity contribution in [3.05, 3.63) is 0 Å². The maximum absolute atomic E-state index is 10.2. The fourth-order valence-electron chi connectivity index (χ4n) is 0.352. The summed E-state index contributed by atoms with van der Waals surface area (Å²) >= 11 is 0. The van der Waals surface area contributed by atoms with Crippen LogP contribution in [-0.2, 0) is 9.59 Å². The molecule has 0 saturated carbocycles. The van der Waals surface area contributed by atoms with E-state index in [-0.39, 0.29) is 20.0 Å². The van der Waals surface area contributed by atoms with E-state index in [0.29, 0.717) is 12.8 Å². The predicted octanol–water partition coefficient (Wildman–Crippen LogP) is 0.564. The lowest BCUT2D eigenvalue weighted by molar-refractivity contribution is -0.122. The molecule has 0 spiro atoms. The fraction of sp³-hybridized carbons (Fsp3) is 0.667. The van der Waals surface area contributed by atoms with Crippen molar-refractivity contribution in [3.63, 3.8) is 0 Å². The first-order valence-corrected chi connectivity index (χ1v) is 2.62. The van der Waals surface area contributed by atoms with E-state index in [4.69, 9.17) is 0 Å². The molecule has 2 nitrogen and oxygen atoms in total. The van der Waals surface area contributed by atoms with Crippen LogP contribution in [-0.4, -0.2) is 20.0 Å². The van der Waals surface area contributed by atoms with E-state index in [9.17, 15) is 9.59 Å². The highest BCUT2D eigenvalue weighted by Crippen LogP contribution is 1.89. The molecule has 9 heavy (non-hydrogen) atoms. The molecule has 0 aromatic carbocycles. The van der Waals surface area contributed by atoms with Crippen LogP contribution in [0.5, 0.6) is 0 Å². The van der Waals surface area contributed by atoms with Crippen LogP contribution in [0.2, 0.25) is 0 Å². The summed E-state index contributed by atoms with van der Waals surface area (Å²) in [6.45, 7) is 2.98. The van der Waals surface area contributed by atoms with Gasteiger partial charge in [0.05, 0.1) is 0 Å². The zero-order valence-electron chi connectivity index (χ0n) is 5.81. The van der Waals surface area contributed by atoms with Crippen molar-refractivity contribution in [3.8, 4) is 0 Å². The van der Waals surface area contributed by atoms with Gasteiger partial charge in [-0.25, -0.2) is 0 Å². The molecule has 3 heteroatoms. The van der Waals surface area contributed by atoms with Gasteiger partial charge in [-0.2, -0.15) is 0 Å². The Morgan fingerprint density at radius 3 is 1.33 bits per heavy atom. The molecule has 0 N–H and O–H groups in total. The summed E-state index contributed by atoms with van der Waals surface area (Å²) in [5, 5.41) is 0. The first-order valence-electron chi connectivity index (χ1n) is 2.62. The zero-order chi connectivity index (χ0) is 6.57. The molecule has 49 valence electrons. The Balaban J connectivity index is 0. The maximum atomic E-state index is 10.2. The van der Waals surface area contributed by atoms with Gasteiger partial charge in [-0.15, -0.1) is 0 Å². The van der Waals surface area contributed by atoms with Crippen molar-refractivity contribution in [2.75, 3.05) is 0 Å². The van der Waals surface area contributed by atoms with Gasteiger partial charge in [-0.1, -0.05) is 0 Å². The molecule has 0 atom stereocenters. The van der Waals surface area contributed by atoms with Crippen molar-refractivity contribution in [2.24, 2.45) is 0 Å². The quantitative estimate of drug-likeness (QED) is 0.516. The average molecular weight is 125 g/mol. The van der Waals surface area contributed by atoms with Crippen LogP contribution < -0.4 is 0 Å². The molecule has 0 amide bonds. The molecular weight excluding hydrogens is 115 g/mol. The van der Waals surface area contributed by atoms with Crippen LogP contribution in [0.1, 0.15) is 26.7 Å². The first-order chi connectivity index (χ1) is 3.63. The van der Waals surface area contributed by atoms with Gasteiger partial charge in [-0.05, 0) is 13.8 Å². The van der Waals surface area contributed by atoms with Crippen molar-refractivity contribution in [2.45, 2.75) is 26.7 Å². The highest BCUT2D eigenvalue weighted by Gasteiger charge is 1.95. The molecular formula is C6H10BO2. The predicted molar refractivity (Wildman–Crippen MR) is 36.4 cm³/mol. The smallest absolute Gasteiger partial charge is 0.130 e. The van der Waals surface area contributed by atoms with E-state index < -0.39 is 0 Å². The first kappa shape index (κ1) is 11.2. The third kappa shape index (κ3) is 11.1. The fourth-order valence-corrected chi connectivity index (χ4v) is 0.352. The number of hydrogen-bond donors (Lipinski definition) is 0. The number of carbonyl (C=O) groups excluding carboxylic acids is 2. The second-order valence-electron chi connectivity index (χ2n) is 1.90. The number of rotatable bonds is 3. The minimum absolute atomic E-state index is 0. The summed E-state index contributed by atoms with van der Waals surface area (Å²) in [5.74, 6) is 0.167. The van der Waals surface area contributed by atoms with Crippen LogP contribution in [0.25, 0.3) is 0 Å². The Morgan fingerprint density at radius 1 is 1.00 bits per heavy atom. The van der Waals surface area contributed by atoms with Crippen molar-refractivity contribution in [1.29, 1.82) is 0 Å². The minimum Gasteiger partial charge on any atom is -0.300 e. The summed E-state index contributed by atoms with van der Waals surface area (Å²) in [5.41, 5.74) is 0. The second kappa shape index (κ2) is 5.54. The Labute approximate surface area is 57.2 Å². The van der Waals surface area contributed by atoms with Crippen molar-refractivity contribution in [1.82, 2.24) is 0 Å². The molecule has 0 unspecified atom stereocenters. The lowest BCUT2D eigenvalue weighted by Gasteiger charge is -1.86. The standard InChI is InChI=1S/C6H10O2.B/c1-5(7)3-4-6(2)8;/h3-4H2,1-2H3;. The maximum Gasteiger partial charge on any atom is 0.130 e. The molecule has 0 fully saturated rings. The highest BCUT2D eigenvalue weighted by atomic mass is 16.1. The molecule has 3 radical (unpaired) electrons. The Morgan fingerprint density at radius 2 is 1.22 bits per heavy atom. The number of hydrogen-bond acceptors (Lipinski definition) is 2. The number of Topliss-reactive ketones (excluding diaryl/α,β-unsaturated/α-hetero) is 2. The van der Waals surface area contributed by atoms with Crippen LogP contribution in [0.3, 0.4) is 0 Å². The molecule has 0 aliphatic heterocycles. The van der Waals surface area contributed by atoms with Gasteiger partial charge in [0.25, 0.3) is 0 Å². The summed E-state index contributed by atoms with van der Waals surface area (Å²) in [7, 11) is 0. The minimum atomic E-state index is 0. The van der Waals surface area contributed by atoms with Crippen molar-refractivity contribution < 1.29 is 9.59 Å². The third-order valence-corrected chi connectivity index (χ3v) is 0.829. The lowest BCUT2D eigenvalue weighted by atomic mass is 10.2. The van der Waals surface area contributed by atoms with Crippen LogP contribution >= 0.6 is 0 Å². The van der Waals surface area contributed by atoms with E-state index >= 15 is 0 Å². The molecule has 0 aliphatic rings. The van der Waals surface area contributed by atoms with Gasteiger partial charge in [0.2, 0.25) is 0 Å². The van der Waals surface area contributed by atoms with Crippen LogP contribution in [0, 0.1) is 0 Å². The van der Waals surface area contributed by atoms with Crippen LogP contribution in [0.4, 0.5) is 0 Å². The lowest BCUT2D eigenvalue weighted by Crippen LogP contribution is -1.95. The van der Waals surface area contributed by atoms with Gasteiger partial charge >= 0.3 is 0 Å². The SMILES string of the molecule is CC(=O)CCC(C)=O.[B]. The third-order valence-electron chi connectivity index (χ3n) is 0.829. The second-order valence-corrected chi connectivity index (χ2v) is 1.90. The van der Waals surface area contributed by atoms with E-state index in [2.05, 4.69) is 0 Å². The zero-order valence-corrected chi connectivity index (χ0v) is 5.81. The molecule has 0 bridgehead atoms. The Kier molecular flexibility index (Phi) is 6.92. The van der Waals surface area contributed by atoms with Crippen LogP contribution in [0.15, 0.2) is 0 Å².